The van der Waals surface area contributed by atoms with Crippen LogP contribution in [0.25, 0.3) is 6.08 Å². The van der Waals surface area contributed by atoms with Gasteiger partial charge in [0, 0.05) is 23.7 Å². The first-order valence-corrected chi connectivity index (χ1v) is 9.60. The third kappa shape index (κ3) is 7.14. The Morgan fingerprint density at radius 2 is 1.90 bits per heavy atom. The minimum absolute atomic E-state index is 0.0570. The molecule has 1 aromatic rings. The summed E-state index contributed by atoms with van der Waals surface area (Å²) in [6.45, 7) is 1.54. The molecule has 8 nitrogen and oxygen atoms in total. The van der Waals surface area contributed by atoms with Gasteiger partial charge in [-0.15, -0.1) is 0 Å². The molecule has 3 amide bonds. The molecule has 158 valence electrons. The van der Waals surface area contributed by atoms with Crippen LogP contribution in [0.15, 0.2) is 24.3 Å². The van der Waals surface area contributed by atoms with Crippen molar-refractivity contribution in [3.63, 3.8) is 0 Å². The maximum atomic E-state index is 11.9. The summed E-state index contributed by atoms with van der Waals surface area (Å²) in [6, 6.07) is 4.63. The van der Waals surface area contributed by atoms with Gasteiger partial charge < -0.3 is 19.5 Å². The number of benzene rings is 1. The fourth-order valence-electron chi connectivity index (χ4n) is 3.20. The average molecular weight is 404 g/mol. The summed E-state index contributed by atoms with van der Waals surface area (Å²) in [4.78, 5) is 35.6. The number of urea groups is 1. The largest absolute Gasteiger partial charge is 0.497 e. The van der Waals surface area contributed by atoms with E-state index >= 15 is 0 Å². The molecule has 2 atom stereocenters. The Kier molecular flexibility index (Phi) is 8.51. The minimum atomic E-state index is -0.709. The highest BCUT2D eigenvalue weighted by Gasteiger charge is 2.23. The van der Waals surface area contributed by atoms with Crippen molar-refractivity contribution in [2.75, 3.05) is 20.8 Å². The van der Waals surface area contributed by atoms with E-state index in [2.05, 4.69) is 17.6 Å². The van der Waals surface area contributed by atoms with Crippen LogP contribution in [0.3, 0.4) is 0 Å². The van der Waals surface area contributed by atoms with Gasteiger partial charge in [0.15, 0.2) is 6.61 Å². The van der Waals surface area contributed by atoms with Crippen LogP contribution in [0.1, 0.15) is 38.2 Å². The lowest BCUT2D eigenvalue weighted by molar-refractivity contribution is -0.143. The highest BCUT2D eigenvalue weighted by Crippen LogP contribution is 2.25. The van der Waals surface area contributed by atoms with E-state index in [-0.39, 0.29) is 6.04 Å². The fraction of sp³-hybridized carbons (Fsp3) is 0.476. The SMILES string of the molecule is COc1ccc(/C=C/C(=O)OCC(=O)NC(=O)N[C@H]2CCCC[C@H]2C)c(OC)c1. The van der Waals surface area contributed by atoms with Crippen molar-refractivity contribution in [1.29, 1.82) is 0 Å². The second-order valence-electron chi connectivity index (χ2n) is 6.94. The number of esters is 1. The Labute approximate surface area is 170 Å². The molecule has 2 N–H and O–H groups in total. The van der Waals surface area contributed by atoms with Gasteiger partial charge in [0.1, 0.15) is 11.5 Å². The van der Waals surface area contributed by atoms with Crippen molar-refractivity contribution in [2.45, 2.75) is 38.6 Å². The van der Waals surface area contributed by atoms with Gasteiger partial charge in [-0.1, -0.05) is 19.8 Å². The Morgan fingerprint density at radius 1 is 1.14 bits per heavy atom. The molecule has 0 radical (unpaired) electrons. The molecule has 0 heterocycles. The van der Waals surface area contributed by atoms with Gasteiger partial charge in [0.25, 0.3) is 5.91 Å². The molecule has 0 aromatic heterocycles. The molecule has 1 aliphatic carbocycles. The molecule has 0 aliphatic heterocycles. The molecule has 29 heavy (non-hydrogen) atoms. The number of carbonyl (C=O) groups excluding carboxylic acids is 3. The zero-order valence-corrected chi connectivity index (χ0v) is 17.0. The smallest absolute Gasteiger partial charge is 0.331 e. The van der Waals surface area contributed by atoms with Crippen LogP contribution in [0.5, 0.6) is 11.5 Å². The van der Waals surface area contributed by atoms with E-state index in [0.29, 0.717) is 23.0 Å². The molecule has 0 bridgehead atoms. The molecule has 1 fully saturated rings. The molecule has 0 spiro atoms. The van der Waals surface area contributed by atoms with Crippen molar-refractivity contribution in [3.05, 3.63) is 29.8 Å². The number of hydrogen-bond acceptors (Lipinski definition) is 6. The van der Waals surface area contributed by atoms with E-state index in [9.17, 15) is 14.4 Å². The van der Waals surface area contributed by atoms with E-state index in [1.54, 1.807) is 25.3 Å². The lowest BCUT2D eigenvalue weighted by Gasteiger charge is -2.29. The van der Waals surface area contributed by atoms with Crippen LogP contribution in [0, 0.1) is 5.92 Å². The Bertz CT molecular complexity index is 762. The first-order valence-electron chi connectivity index (χ1n) is 9.60. The number of amides is 3. The summed E-state index contributed by atoms with van der Waals surface area (Å²) in [5.74, 6) is 0.135. The number of rotatable bonds is 7. The van der Waals surface area contributed by atoms with Crippen LogP contribution in [-0.2, 0) is 14.3 Å². The molecule has 8 heteroatoms. The van der Waals surface area contributed by atoms with Crippen LogP contribution in [0.2, 0.25) is 0 Å². The molecular weight excluding hydrogens is 376 g/mol. The molecule has 1 saturated carbocycles. The van der Waals surface area contributed by atoms with Gasteiger partial charge in [-0.2, -0.15) is 0 Å². The van der Waals surface area contributed by atoms with Gasteiger partial charge in [0.2, 0.25) is 0 Å². The van der Waals surface area contributed by atoms with Crippen LogP contribution >= 0.6 is 0 Å². The van der Waals surface area contributed by atoms with Crippen LogP contribution < -0.4 is 20.1 Å². The monoisotopic (exact) mass is 404 g/mol. The Hall–Kier alpha value is -3.03. The highest BCUT2D eigenvalue weighted by atomic mass is 16.5. The van der Waals surface area contributed by atoms with Gasteiger partial charge >= 0.3 is 12.0 Å². The third-order valence-electron chi connectivity index (χ3n) is 4.87. The van der Waals surface area contributed by atoms with Gasteiger partial charge in [-0.25, -0.2) is 9.59 Å². The number of imide groups is 1. The van der Waals surface area contributed by atoms with Crippen molar-refractivity contribution < 1.29 is 28.6 Å². The van der Waals surface area contributed by atoms with E-state index in [4.69, 9.17) is 14.2 Å². The molecule has 0 unspecified atom stereocenters. The summed E-state index contributed by atoms with van der Waals surface area (Å²) < 4.78 is 15.2. The van der Waals surface area contributed by atoms with Gasteiger partial charge in [-0.05, 0) is 37.0 Å². The van der Waals surface area contributed by atoms with E-state index < -0.39 is 24.5 Å². The lowest BCUT2D eigenvalue weighted by atomic mass is 9.86. The summed E-state index contributed by atoms with van der Waals surface area (Å²) in [5, 5.41) is 4.99. The number of nitrogens with one attached hydrogen (secondary N) is 2. The zero-order chi connectivity index (χ0) is 21.2. The lowest BCUT2D eigenvalue weighted by Crippen LogP contribution is -2.48. The standard InChI is InChI=1S/C21H28N2O6/c1-14-6-4-5-7-17(14)22-21(26)23-19(24)13-29-20(25)11-9-15-8-10-16(27-2)12-18(15)28-3/h8-12,14,17H,4-7,13H2,1-3H3,(H2,22,23,24,26)/b11-9+/t14-,17+/m1/s1. The van der Waals surface area contributed by atoms with Crippen molar-refractivity contribution in [3.8, 4) is 11.5 Å². The Balaban J connectivity index is 1.77. The van der Waals surface area contributed by atoms with Crippen LogP contribution in [-0.4, -0.2) is 44.8 Å². The molecule has 0 saturated heterocycles. The highest BCUT2D eigenvalue weighted by molar-refractivity contribution is 5.96. The topological polar surface area (TPSA) is 103 Å². The minimum Gasteiger partial charge on any atom is -0.497 e. The average Bonchev–Trinajstić information content (AvgIpc) is 2.72. The normalized spacial score (nSPS) is 18.7. The first-order chi connectivity index (χ1) is 13.9. The van der Waals surface area contributed by atoms with Gasteiger partial charge in [-0.3, -0.25) is 10.1 Å². The number of ether oxygens (including phenoxy) is 3. The summed E-state index contributed by atoms with van der Waals surface area (Å²) in [6.07, 6.45) is 6.87. The van der Waals surface area contributed by atoms with Crippen molar-refractivity contribution >= 4 is 24.0 Å². The first kappa shape index (κ1) is 22.3. The third-order valence-corrected chi connectivity index (χ3v) is 4.87. The van der Waals surface area contributed by atoms with Crippen LogP contribution in [0.4, 0.5) is 4.79 Å². The maximum Gasteiger partial charge on any atom is 0.331 e. The maximum absolute atomic E-state index is 11.9. The van der Waals surface area contributed by atoms with E-state index in [0.717, 1.165) is 25.7 Å². The van der Waals surface area contributed by atoms with E-state index in [1.807, 2.05) is 0 Å². The quantitative estimate of drug-likeness (QED) is 0.535. The van der Waals surface area contributed by atoms with Crippen molar-refractivity contribution in [1.82, 2.24) is 10.6 Å². The zero-order valence-electron chi connectivity index (χ0n) is 17.0. The number of hydrogen-bond donors (Lipinski definition) is 2. The second kappa shape index (κ2) is 11.1. The summed E-state index contributed by atoms with van der Waals surface area (Å²) in [7, 11) is 3.05. The molecular formula is C21H28N2O6. The number of carbonyl (C=O) groups is 3. The predicted octanol–water partition coefficient (Wildman–Crippen LogP) is 2.66. The molecule has 2 rings (SSSR count). The second-order valence-corrected chi connectivity index (χ2v) is 6.94. The molecule has 1 aromatic carbocycles. The predicted molar refractivity (Wildman–Crippen MR) is 108 cm³/mol. The number of methoxy groups -OCH3 is 2. The van der Waals surface area contributed by atoms with Crippen molar-refractivity contribution in [2.24, 2.45) is 5.92 Å². The summed E-state index contributed by atoms with van der Waals surface area (Å²) in [5.41, 5.74) is 0.649. The van der Waals surface area contributed by atoms with Gasteiger partial charge in [0.05, 0.1) is 14.2 Å². The summed E-state index contributed by atoms with van der Waals surface area (Å²) >= 11 is 0. The molecule has 1 aliphatic rings. The fourth-order valence-corrected chi connectivity index (χ4v) is 3.20. The van der Waals surface area contributed by atoms with E-state index in [1.165, 1.54) is 19.3 Å². The Morgan fingerprint density at radius 3 is 2.59 bits per heavy atom.